The summed E-state index contributed by atoms with van der Waals surface area (Å²) >= 11 is 1.77. The molecule has 110 valence electrons. The predicted molar refractivity (Wildman–Crippen MR) is 87.8 cm³/mol. The zero-order chi connectivity index (χ0) is 14.5. The Labute approximate surface area is 125 Å². The van der Waals surface area contributed by atoms with E-state index in [1.807, 2.05) is 0 Å². The molecule has 2 heterocycles. The maximum atomic E-state index is 4.46. The summed E-state index contributed by atoms with van der Waals surface area (Å²) in [7, 11) is 2.10. The molecule has 0 radical (unpaired) electrons. The molecule has 1 N–H and O–H groups in total. The van der Waals surface area contributed by atoms with Crippen LogP contribution in [0.3, 0.4) is 0 Å². The molecule has 0 aliphatic carbocycles. The average molecular weight is 292 g/mol. The Bertz CT molecular complexity index is 550. The summed E-state index contributed by atoms with van der Waals surface area (Å²) in [4.78, 5) is 13.5. The highest BCUT2D eigenvalue weighted by atomic mass is 32.1. The van der Waals surface area contributed by atoms with Gasteiger partial charge in [-0.15, -0.1) is 11.3 Å². The molecule has 20 heavy (non-hydrogen) atoms. The van der Waals surface area contributed by atoms with Gasteiger partial charge in [0, 0.05) is 25.0 Å². The first-order valence-electron chi connectivity index (χ1n) is 7.27. The minimum atomic E-state index is 0.690. The molecule has 0 aromatic carbocycles. The van der Waals surface area contributed by atoms with Gasteiger partial charge in [-0.3, -0.25) is 0 Å². The third kappa shape index (κ3) is 3.67. The molecule has 0 saturated heterocycles. The Hall–Kier alpha value is -1.20. The lowest BCUT2D eigenvalue weighted by Crippen LogP contribution is -2.31. The summed E-state index contributed by atoms with van der Waals surface area (Å²) in [6.07, 6.45) is 2.73. The van der Waals surface area contributed by atoms with Crippen LogP contribution in [0.25, 0.3) is 10.2 Å². The lowest BCUT2D eigenvalue weighted by atomic mass is 10.2. The first kappa shape index (κ1) is 15.2. The lowest BCUT2D eigenvalue weighted by molar-refractivity contribution is 0.554. The van der Waals surface area contributed by atoms with Crippen molar-refractivity contribution in [1.82, 2.24) is 15.3 Å². The van der Waals surface area contributed by atoms with Crippen molar-refractivity contribution in [3.8, 4) is 0 Å². The van der Waals surface area contributed by atoms with E-state index in [1.54, 1.807) is 17.7 Å². The van der Waals surface area contributed by atoms with Crippen molar-refractivity contribution in [3.63, 3.8) is 0 Å². The van der Waals surface area contributed by atoms with E-state index in [-0.39, 0.29) is 0 Å². The second-order valence-electron chi connectivity index (χ2n) is 5.50. The van der Waals surface area contributed by atoms with Crippen LogP contribution in [-0.4, -0.2) is 36.6 Å². The Morgan fingerprint density at radius 2 is 2.15 bits per heavy atom. The van der Waals surface area contributed by atoms with Crippen LogP contribution in [-0.2, 0) is 6.42 Å². The molecule has 2 aromatic rings. The molecule has 4 nitrogen and oxygen atoms in total. The van der Waals surface area contributed by atoms with Crippen LogP contribution < -0.4 is 10.2 Å². The molecule has 0 saturated carbocycles. The normalized spacial score (nSPS) is 11.4. The van der Waals surface area contributed by atoms with E-state index in [9.17, 15) is 0 Å². The summed E-state index contributed by atoms with van der Waals surface area (Å²) < 4.78 is 0. The Balaban J connectivity index is 2.05. The van der Waals surface area contributed by atoms with E-state index < -0.39 is 0 Å². The fourth-order valence-corrected chi connectivity index (χ4v) is 3.04. The zero-order valence-electron chi connectivity index (χ0n) is 12.8. The van der Waals surface area contributed by atoms with Gasteiger partial charge in [0.2, 0.25) is 0 Å². The third-order valence-corrected chi connectivity index (χ3v) is 4.43. The average Bonchev–Trinajstić information content (AvgIpc) is 2.85. The zero-order valence-corrected chi connectivity index (χ0v) is 13.6. The number of likely N-dealkylation sites (N-methyl/N-ethyl adjacent to an activating group) is 1. The van der Waals surface area contributed by atoms with Crippen LogP contribution in [0.2, 0.25) is 0 Å². The van der Waals surface area contributed by atoms with Crippen LogP contribution in [0.5, 0.6) is 0 Å². The maximum absolute atomic E-state index is 4.46. The second-order valence-corrected chi connectivity index (χ2v) is 6.62. The molecule has 0 fully saturated rings. The van der Waals surface area contributed by atoms with Gasteiger partial charge in [0.05, 0.1) is 5.39 Å². The second kappa shape index (κ2) is 6.99. The quantitative estimate of drug-likeness (QED) is 0.797. The van der Waals surface area contributed by atoms with Gasteiger partial charge in [0.1, 0.15) is 17.0 Å². The minimum absolute atomic E-state index is 0.690. The number of rotatable bonds is 7. The molecule has 0 aliphatic heterocycles. The maximum Gasteiger partial charge on any atom is 0.140 e. The highest BCUT2D eigenvalue weighted by Gasteiger charge is 2.11. The van der Waals surface area contributed by atoms with Gasteiger partial charge in [-0.05, 0) is 24.9 Å². The molecule has 0 atom stereocenters. The van der Waals surface area contributed by atoms with E-state index in [0.717, 1.165) is 36.7 Å². The Morgan fingerprint density at radius 3 is 2.85 bits per heavy atom. The number of aromatic nitrogens is 2. The summed E-state index contributed by atoms with van der Waals surface area (Å²) in [6.45, 7) is 9.62. The van der Waals surface area contributed by atoms with Crippen LogP contribution in [0, 0.1) is 5.92 Å². The van der Waals surface area contributed by atoms with Crippen molar-refractivity contribution in [3.05, 3.63) is 17.3 Å². The predicted octanol–water partition coefficient (Wildman–Crippen LogP) is 2.94. The standard InChI is InChI=1S/C15H24N4S/c1-5-12-8-13-14(17-10-18-15(13)20-12)19(4)7-6-16-9-11(2)3/h8,10-11,16H,5-7,9H2,1-4H3. The van der Waals surface area contributed by atoms with Gasteiger partial charge in [0.15, 0.2) is 0 Å². The van der Waals surface area contributed by atoms with Crippen LogP contribution in [0.1, 0.15) is 25.6 Å². The first-order chi connectivity index (χ1) is 9.61. The number of nitrogens with one attached hydrogen (secondary N) is 1. The number of aryl methyl sites for hydroxylation is 1. The summed E-state index contributed by atoms with van der Waals surface area (Å²) in [6, 6.07) is 2.23. The third-order valence-electron chi connectivity index (χ3n) is 3.25. The number of hydrogen-bond donors (Lipinski definition) is 1. The van der Waals surface area contributed by atoms with Crippen LogP contribution in [0.15, 0.2) is 12.4 Å². The highest BCUT2D eigenvalue weighted by molar-refractivity contribution is 7.18. The van der Waals surface area contributed by atoms with Crippen molar-refractivity contribution in [2.45, 2.75) is 27.2 Å². The SMILES string of the molecule is CCc1cc2c(N(C)CCNCC(C)C)ncnc2s1. The summed E-state index contributed by atoms with van der Waals surface area (Å²) in [5.74, 6) is 1.73. The van der Waals surface area contributed by atoms with Crippen molar-refractivity contribution in [2.24, 2.45) is 5.92 Å². The van der Waals surface area contributed by atoms with Gasteiger partial charge in [0.25, 0.3) is 0 Å². The summed E-state index contributed by atoms with van der Waals surface area (Å²) in [5, 5.41) is 4.65. The van der Waals surface area contributed by atoms with E-state index >= 15 is 0 Å². The molecule has 2 rings (SSSR count). The van der Waals surface area contributed by atoms with Gasteiger partial charge in [-0.25, -0.2) is 9.97 Å². The Morgan fingerprint density at radius 1 is 1.35 bits per heavy atom. The fraction of sp³-hybridized carbons (Fsp3) is 0.600. The number of nitrogens with zero attached hydrogens (tertiary/aromatic N) is 3. The van der Waals surface area contributed by atoms with Crippen LogP contribution in [0.4, 0.5) is 5.82 Å². The number of anilines is 1. The highest BCUT2D eigenvalue weighted by Crippen LogP contribution is 2.29. The number of fused-ring (bicyclic) bond motifs is 1. The van der Waals surface area contributed by atoms with Crippen molar-refractivity contribution >= 4 is 27.4 Å². The molecule has 2 aromatic heterocycles. The van der Waals surface area contributed by atoms with Gasteiger partial charge >= 0.3 is 0 Å². The van der Waals surface area contributed by atoms with Crippen molar-refractivity contribution in [2.75, 3.05) is 31.6 Å². The first-order valence-corrected chi connectivity index (χ1v) is 8.08. The fourth-order valence-electron chi connectivity index (χ4n) is 2.11. The van der Waals surface area contributed by atoms with E-state index in [2.05, 4.69) is 54.1 Å². The lowest BCUT2D eigenvalue weighted by Gasteiger charge is -2.19. The van der Waals surface area contributed by atoms with E-state index in [4.69, 9.17) is 0 Å². The number of hydrogen-bond acceptors (Lipinski definition) is 5. The molecule has 0 spiro atoms. The summed E-state index contributed by atoms with van der Waals surface area (Å²) in [5.41, 5.74) is 0. The molecular weight excluding hydrogens is 268 g/mol. The number of thiophene rings is 1. The van der Waals surface area contributed by atoms with Gasteiger partial charge in [-0.2, -0.15) is 0 Å². The van der Waals surface area contributed by atoms with Gasteiger partial charge in [-0.1, -0.05) is 20.8 Å². The smallest absolute Gasteiger partial charge is 0.140 e. The minimum Gasteiger partial charge on any atom is -0.358 e. The molecular formula is C15H24N4S. The molecule has 0 unspecified atom stereocenters. The molecule has 5 heteroatoms. The van der Waals surface area contributed by atoms with Crippen molar-refractivity contribution < 1.29 is 0 Å². The molecule has 0 bridgehead atoms. The van der Waals surface area contributed by atoms with E-state index in [1.165, 1.54) is 10.3 Å². The van der Waals surface area contributed by atoms with Crippen molar-refractivity contribution in [1.29, 1.82) is 0 Å². The monoisotopic (exact) mass is 292 g/mol. The molecule has 0 aliphatic rings. The van der Waals surface area contributed by atoms with E-state index in [0.29, 0.717) is 5.92 Å². The Kier molecular flexibility index (Phi) is 5.31. The molecule has 0 amide bonds. The van der Waals surface area contributed by atoms with Gasteiger partial charge < -0.3 is 10.2 Å². The van der Waals surface area contributed by atoms with Crippen LogP contribution >= 0.6 is 11.3 Å². The topological polar surface area (TPSA) is 41.0 Å². The largest absolute Gasteiger partial charge is 0.358 e.